The standard InChI is InChI=1S/C33H39N7O5/c1-21-16-24-17-25(10-12-27(24)44-21)36-33(37-30(42)22-9-11-26(34-18-22)29-32(45-29)38(2)3)35-19-23-8-4-5-15-40(31(23)43)20-28(41)39-13-6-7-14-39/h9-12,16-19,23,29,32H,4-8,13-15,20H2,1-3H3,(H,36,37,42)/b35-19-. The predicted molar refractivity (Wildman–Crippen MR) is 169 cm³/mol. The molecule has 3 atom stereocenters. The first-order valence-corrected chi connectivity index (χ1v) is 15.5. The van der Waals surface area contributed by atoms with E-state index >= 15 is 0 Å². The highest BCUT2D eigenvalue weighted by Crippen LogP contribution is 2.38. The number of benzene rings is 1. The van der Waals surface area contributed by atoms with E-state index in [4.69, 9.17) is 9.15 Å². The van der Waals surface area contributed by atoms with E-state index in [9.17, 15) is 14.4 Å². The minimum atomic E-state index is -0.538. The number of aromatic nitrogens is 1. The Morgan fingerprint density at radius 1 is 1.09 bits per heavy atom. The molecular weight excluding hydrogens is 574 g/mol. The Bertz CT molecular complexity index is 1620. The van der Waals surface area contributed by atoms with Gasteiger partial charge in [0.05, 0.1) is 29.4 Å². The van der Waals surface area contributed by atoms with Crippen molar-refractivity contribution in [3.63, 3.8) is 0 Å². The molecule has 0 spiro atoms. The number of epoxide rings is 1. The number of carbonyl (C=O) groups is 3. The van der Waals surface area contributed by atoms with E-state index < -0.39 is 11.8 Å². The van der Waals surface area contributed by atoms with Crippen LogP contribution in [0.3, 0.4) is 0 Å². The van der Waals surface area contributed by atoms with Crippen LogP contribution in [0.1, 0.15) is 60.0 Å². The maximum atomic E-state index is 13.5. The highest BCUT2D eigenvalue weighted by Gasteiger charge is 2.43. The summed E-state index contributed by atoms with van der Waals surface area (Å²) in [5.74, 6) is -0.300. The van der Waals surface area contributed by atoms with Gasteiger partial charge in [0, 0.05) is 37.4 Å². The van der Waals surface area contributed by atoms with Crippen molar-refractivity contribution >= 4 is 46.6 Å². The molecule has 3 aliphatic heterocycles. The summed E-state index contributed by atoms with van der Waals surface area (Å²) in [6, 6.07) is 10.8. The monoisotopic (exact) mass is 613 g/mol. The molecule has 12 nitrogen and oxygen atoms in total. The molecule has 0 saturated carbocycles. The molecule has 236 valence electrons. The molecule has 3 fully saturated rings. The number of aliphatic imine (C=N–C) groups is 2. The predicted octanol–water partition coefficient (Wildman–Crippen LogP) is 3.83. The number of hydrogen-bond donors (Lipinski definition) is 1. The van der Waals surface area contributed by atoms with Crippen LogP contribution < -0.4 is 5.32 Å². The molecule has 0 aliphatic carbocycles. The molecular formula is C33H39N7O5. The smallest absolute Gasteiger partial charge is 0.259 e. The van der Waals surface area contributed by atoms with E-state index in [1.165, 1.54) is 6.20 Å². The van der Waals surface area contributed by atoms with Crippen molar-refractivity contribution in [3.8, 4) is 0 Å². The van der Waals surface area contributed by atoms with Crippen molar-refractivity contribution in [2.75, 3.05) is 40.3 Å². The summed E-state index contributed by atoms with van der Waals surface area (Å²) < 4.78 is 11.3. The summed E-state index contributed by atoms with van der Waals surface area (Å²) in [5.41, 5.74) is 2.38. The Hall–Kier alpha value is -4.42. The van der Waals surface area contributed by atoms with Gasteiger partial charge in [0.2, 0.25) is 17.8 Å². The third kappa shape index (κ3) is 7.29. The lowest BCUT2D eigenvalue weighted by Gasteiger charge is -2.25. The van der Waals surface area contributed by atoms with Gasteiger partial charge in [-0.25, -0.2) is 9.98 Å². The van der Waals surface area contributed by atoms with Crippen molar-refractivity contribution in [1.82, 2.24) is 25.0 Å². The van der Waals surface area contributed by atoms with Gasteiger partial charge in [0.1, 0.15) is 23.7 Å². The van der Waals surface area contributed by atoms with Gasteiger partial charge in [-0.1, -0.05) is 6.42 Å². The Morgan fingerprint density at radius 2 is 1.89 bits per heavy atom. The number of pyridine rings is 1. The van der Waals surface area contributed by atoms with Crippen LogP contribution in [-0.4, -0.2) is 96.1 Å². The number of hydrogen-bond acceptors (Lipinski definition) is 8. The number of carbonyl (C=O) groups excluding carboxylic acids is 3. The van der Waals surface area contributed by atoms with Gasteiger partial charge in [-0.05, 0) is 83.1 Å². The number of nitrogens with one attached hydrogen (secondary N) is 1. The van der Waals surface area contributed by atoms with Crippen LogP contribution in [0.5, 0.6) is 0 Å². The molecule has 5 heterocycles. The zero-order valence-electron chi connectivity index (χ0n) is 25.9. The van der Waals surface area contributed by atoms with Crippen molar-refractivity contribution in [2.45, 2.75) is 51.4 Å². The van der Waals surface area contributed by atoms with Gasteiger partial charge in [-0.2, -0.15) is 0 Å². The third-order valence-electron chi connectivity index (χ3n) is 8.38. The fraction of sp³-hybridized carbons (Fsp3) is 0.455. The van der Waals surface area contributed by atoms with Crippen LogP contribution in [0.2, 0.25) is 0 Å². The van der Waals surface area contributed by atoms with Gasteiger partial charge in [0.15, 0.2) is 0 Å². The minimum Gasteiger partial charge on any atom is -0.461 e. The van der Waals surface area contributed by atoms with Crippen LogP contribution >= 0.6 is 0 Å². The number of furan rings is 1. The summed E-state index contributed by atoms with van der Waals surface area (Å²) in [7, 11) is 3.88. The van der Waals surface area contributed by atoms with Gasteiger partial charge < -0.3 is 19.0 Å². The summed E-state index contributed by atoms with van der Waals surface area (Å²) in [5, 5.41) is 3.68. The number of likely N-dealkylation sites (N-methyl/N-ethyl adjacent to an activating group) is 1. The van der Waals surface area contributed by atoms with Crippen molar-refractivity contribution in [3.05, 3.63) is 59.6 Å². The van der Waals surface area contributed by atoms with Crippen molar-refractivity contribution in [2.24, 2.45) is 15.9 Å². The molecule has 3 aromatic rings. The van der Waals surface area contributed by atoms with E-state index in [0.29, 0.717) is 24.2 Å². The number of aryl methyl sites for hydroxylation is 1. The second kappa shape index (κ2) is 13.3. The largest absolute Gasteiger partial charge is 0.461 e. The molecule has 3 amide bonds. The first-order valence-electron chi connectivity index (χ1n) is 15.5. The Morgan fingerprint density at radius 3 is 2.62 bits per heavy atom. The molecule has 6 rings (SSSR count). The Balaban J connectivity index is 1.21. The quantitative estimate of drug-likeness (QED) is 0.243. The molecule has 3 aliphatic rings. The number of amides is 3. The van der Waals surface area contributed by atoms with Crippen LogP contribution in [-0.2, 0) is 14.3 Å². The number of fused-ring (bicyclic) bond motifs is 1. The number of guanidine groups is 1. The average molecular weight is 614 g/mol. The molecule has 1 N–H and O–H groups in total. The molecule has 12 heteroatoms. The van der Waals surface area contributed by atoms with E-state index in [1.807, 2.05) is 49.0 Å². The van der Waals surface area contributed by atoms with Crippen molar-refractivity contribution in [1.29, 1.82) is 0 Å². The number of ether oxygens (including phenoxy) is 1. The molecule has 0 radical (unpaired) electrons. The van der Waals surface area contributed by atoms with E-state index in [2.05, 4.69) is 20.3 Å². The van der Waals surface area contributed by atoms with E-state index in [-0.39, 0.29) is 36.7 Å². The molecule has 3 unspecified atom stereocenters. The molecule has 1 aromatic carbocycles. The normalized spacial score (nSPS) is 22.4. The lowest BCUT2D eigenvalue weighted by atomic mass is 10.0. The molecule has 45 heavy (non-hydrogen) atoms. The van der Waals surface area contributed by atoms with E-state index in [0.717, 1.165) is 61.2 Å². The van der Waals surface area contributed by atoms with Crippen molar-refractivity contribution < 1.29 is 23.5 Å². The number of rotatable bonds is 7. The highest BCUT2D eigenvalue weighted by atomic mass is 16.6. The SMILES string of the molecule is Cc1cc2cc(N=C(/N=C\C3CCCCN(CC(=O)N4CCCC4)C3=O)NC(=O)c3ccc(C4OC4N(C)C)nc3)ccc2o1. The topological polar surface area (TPSA) is 136 Å². The van der Waals surface area contributed by atoms with E-state index in [1.54, 1.807) is 29.3 Å². The number of nitrogens with zero attached hydrogens (tertiary/aromatic N) is 6. The molecule has 2 aromatic heterocycles. The maximum Gasteiger partial charge on any atom is 0.259 e. The van der Waals surface area contributed by atoms with Crippen LogP contribution in [0, 0.1) is 12.8 Å². The van der Waals surface area contributed by atoms with Gasteiger partial charge in [0.25, 0.3) is 5.91 Å². The molecule has 3 saturated heterocycles. The van der Waals surface area contributed by atoms with Gasteiger partial charge in [-0.3, -0.25) is 29.6 Å². The summed E-state index contributed by atoms with van der Waals surface area (Å²) in [4.78, 5) is 58.7. The lowest BCUT2D eigenvalue weighted by Crippen LogP contribution is -2.44. The average Bonchev–Trinajstić information content (AvgIpc) is 3.53. The first-order chi connectivity index (χ1) is 21.7. The summed E-state index contributed by atoms with van der Waals surface area (Å²) in [6.07, 6.45) is 7.15. The van der Waals surface area contributed by atoms with Gasteiger partial charge >= 0.3 is 0 Å². The fourth-order valence-electron chi connectivity index (χ4n) is 5.86. The first kappa shape index (κ1) is 30.6. The minimum absolute atomic E-state index is 0.0112. The van der Waals surface area contributed by atoms with Crippen LogP contribution in [0.15, 0.2) is 57.0 Å². The summed E-state index contributed by atoms with van der Waals surface area (Å²) >= 11 is 0. The third-order valence-corrected chi connectivity index (χ3v) is 8.38. The lowest BCUT2D eigenvalue weighted by molar-refractivity contribution is -0.140. The number of likely N-dealkylation sites (tertiary alicyclic amines) is 2. The van der Waals surface area contributed by atoms with Crippen LogP contribution in [0.25, 0.3) is 11.0 Å². The van der Waals surface area contributed by atoms with Gasteiger partial charge in [-0.15, -0.1) is 0 Å². The second-order valence-electron chi connectivity index (χ2n) is 12.1. The maximum absolute atomic E-state index is 13.5. The Kier molecular flexibility index (Phi) is 9.04. The fourth-order valence-corrected chi connectivity index (χ4v) is 5.86. The zero-order valence-corrected chi connectivity index (χ0v) is 25.9. The highest BCUT2D eigenvalue weighted by molar-refractivity contribution is 6.09. The van der Waals surface area contributed by atoms with Crippen LogP contribution in [0.4, 0.5) is 5.69 Å². The molecule has 0 bridgehead atoms. The summed E-state index contributed by atoms with van der Waals surface area (Å²) in [6.45, 7) is 3.99. The Labute approximate surface area is 262 Å². The zero-order chi connectivity index (χ0) is 31.5. The second-order valence-corrected chi connectivity index (χ2v) is 12.1.